The minimum Gasteiger partial charge on any atom is -0.464 e. The Balaban J connectivity index is 2.64. The lowest BCUT2D eigenvalue weighted by atomic mass is 10.2. The van der Waals surface area contributed by atoms with E-state index in [0.717, 1.165) is 24.6 Å². The maximum Gasteiger partial charge on any atom is 0.224 e. The van der Waals surface area contributed by atoms with Crippen molar-refractivity contribution in [3.05, 3.63) is 23.7 Å². The van der Waals surface area contributed by atoms with E-state index >= 15 is 0 Å². The SMILES string of the molecule is CCNC(C)CC(=O)N(CCN(C)C)Cc1ccc(C)o1. The van der Waals surface area contributed by atoms with Crippen LogP contribution in [0, 0.1) is 6.92 Å². The normalized spacial score (nSPS) is 12.7. The van der Waals surface area contributed by atoms with Gasteiger partial charge in [-0.05, 0) is 46.6 Å². The van der Waals surface area contributed by atoms with E-state index in [4.69, 9.17) is 4.42 Å². The van der Waals surface area contributed by atoms with Gasteiger partial charge in [-0.15, -0.1) is 0 Å². The summed E-state index contributed by atoms with van der Waals surface area (Å²) in [5.74, 6) is 1.89. The Morgan fingerprint density at radius 3 is 2.57 bits per heavy atom. The molecule has 0 fully saturated rings. The molecule has 1 N–H and O–H groups in total. The summed E-state index contributed by atoms with van der Waals surface area (Å²) in [6.45, 7) is 9.00. The predicted octanol–water partition coefficient (Wildman–Crippen LogP) is 1.87. The van der Waals surface area contributed by atoms with Crippen LogP contribution in [-0.4, -0.2) is 55.5 Å². The van der Waals surface area contributed by atoms with Gasteiger partial charge in [0.2, 0.25) is 5.91 Å². The zero-order valence-electron chi connectivity index (χ0n) is 14.0. The molecule has 1 aromatic rings. The minimum atomic E-state index is 0.166. The summed E-state index contributed by atoms with van der Waals surface area (Å²) in [5.41, 5.74) is 0. The minimum absolute atomic E-state index is 0.166. The molecule has 0 aliphatic carbocycles. The molecule has 1 unspecified atom stereocenters. The smallest absolute Gasteiger partial charge is 0.224 e. The Bertz CT molecular complexity index is 429. The monoisotopic (exact) mass is 295 g/mol. The zero-order valence-corrected chi connectivity index (χ0v) is 14.0. The first-order valence-electron chi connectivity index (χ1n) is 7.63. The van der Waals surface area contributed by atoms with Crippen LogP contribution in [0.15, 0.2) is 16.5 Å². The van der Waals surface area contributed by atoms with Gasteiger partial charge < -0.3 is 19.5 Å². The van der Waals surface area contributed by atoms with E-state index < -0.39 is 0 Å². The van der Waals surface area contributed by atoms with Crippen molar-refractivity contribution in [2.75, 3.05) is 33.7 Å². The molecule has 21 heavy (non-hydrogen) atoms. The summed E-state index contributed by atoms with van der Waals surface area (Å²) in [6, 6.07) is 4.08. The third-order valence-corrected chi connectivity index (χ3v) is 3.35. The standard InChI is InChI=1S/C16H29N3O2/c1-6-17-13(2)11-16(20)19(10-9-18(4)5)12-15-8-7-14(3)21-15/h7-8,13,17H,6,9-12H2,1-5H3. The van der Waals surface area contributed by atoms with Gasteiger partial charge in [-0.1, -0.05) is 6.92 Å². The highest BCUT2D eigenvalue weighted by molar-refractivity contribution is 5.76. The molecule has 0 saturated heterocycles. The summed E-state index contributed by atoms with van der Waals surface area (Å²) in [4.78, 5) is 16.4. The quantitative estimate of drug-likeness (QED) is 0.755. The van der Waals surface area contributed by atoms with Gasteiger partial charge >= 0.3 is 0 Å². The van der Waals surface area contributed by atoms with Crippen LogP contribution in [0.3, 0.4) is 0 Å². The number of amides is 1. The Morgan fingerprint density at radius 1 is 1.33 bits per heavy atom. The van der Waals surface area contributed by atoms with E-state index in [9.17, 15) is 4.79 Å². The number of nitrogens with zero attached hydrogens (tertiary/aromatic N) is 2. The van der Waals surface area contributed by atoms with Crippen molar-refractivity contribution in [2.24, 2.45) is 0 Å². The summed E-state index contributed by atoms with van der Waals surface area (Å²) in [5, 5.41) is 3.28. The van der Waals surface area contributed by atoms with Gasteiger partial charge in [0, 0.05) is 25.6 Å². The molecule has 1 rings (SSSR count). The molecule has 5 nitrogen and oxygen atoms in total. The number of likely N-dealkylation sites (N-methyl/N-ethyl adjacent to an activating group) is 1. The Hall–Kier alpha value is -1.33. The first-order chi connectivity index (χ1) is 9.92. The van der Waals surface area contributed by atoms with Crippen LogP contribution in [-0.2, 0) is 11.3 Å². The summed E-state index contributed by atoms with van der Waals surface area (Å²) < 4.78 is 5.60. The molecule has 0 spiro atoms. The second kappa shape index (κ2) is 8.85. The van der Waals surface area contributed by atoms with Crippen LogP contribution in [0.1, 0.15) is 31.8 Å². The van der Waals surface area contributed by atoms with Gasteiger partial charge in [0.1, 0.15) is 11.5 Å². The molecule has 0 bridgehead atoms. The van der Waals surface area contributed by atoms with Crippen molar-refractivity contribution in [1.29, 1.82) is 0 Å². The van der Waals surface area contributed by atoms with Crippen LogP contribution in [0.4, 0.5) is 0 Å². The Morgan fingerprint density at radius 2 is 2.05 bits per heavy atom. The van der Waals surface area contributed by atoms with Gasteiger partial charge in [0.25, 0.3) is 0 Å². The van der Waals surface area contributed by atoms with E-state index in [1.54, 1.807) is 0 Å². The highest BCUT2D eigenvalue weighted by atomic mass is 16.3. The molecule has 1 atom stereocenters. The van der Waals surface area contributed by atoms with Gasteiger partial charge in [0.05, 0.1) is 6.54 Å². The molecule has 1 amide bonds. The van der Waals surface area contributed by atoms with Crippen molar-refractivity contribution in [2.45, 2.75) is 39.8 Å². The average molecular weight is 295 g/mol. The summed E-state index contributed by atoms with van der Waals surface area (Å²) in [6.07, 6.45) is 0.515. The molecule has 1 aromatic heterocycles. The second-order valence-electron chi connectivity index (χ2n) is 5.79. The van der Waals surface area contributed by atoms with Crippen LogP contribution in [0.5, 0.6) is 0 Å². The van der Waals surface area contributed by atoms with E-state index in [-0.39, 0.29) is 11.9 Å². The van der Waals surface area contributed by atoms with Crippen LogP contribution >= 0.6 is 0 Å². The molecule has 0 aromatic carbocycles. The number of rotatable bonds is 9. The zero-order chi connectivity index (χ0) is 15.8. The van der Waals surface area contributed by atoms with Gasteiger partial charge in [-0.25, -0.2) is 0 Å². The van der Waals surface area contributed by atoms with E-state index in [0.29, 0.717) is 19.5 Å². The Labute approximate surface area is 128 Å². The van der Waals surface area contributed by atoms with Crippen LogP contribution in [0.2, 0.25) is 0 Å². The molecule has 1 heterocycles. The number of hydrogen-bond donors (Lipinski definition) is 1. The average Bonchev–Trinajstić information content (AvgIpc) is 2.79. The fourth-order valence-electron chi connectivity index (χ4n) is 2.18. The maximum atomic E-state index is 12.5. The molecule has 0 aliphatic heterocycles. The Kier molecular flexibility index (Phi) is 7.47. The third-order valence-electron chi connectivity index (χ3n) is 3.35. The van der Waals surface area contributed by atoms with E-state index in [1.165, 1.54) is 0 Å². The molecule has 5 heteroatoms. The number of carbonyl (C=O) groups is 1. The second-order valence-corrected chi connectivity index (χ2v) is 5.79. The highest BCUT2D eigenvalue weighted by Gasteiger charge is 2.18. The number of aryl methyl sites for hydroxylation is 1. The lowest BCUT2D eigenvalue weighted by Crippen LogP contribution is -2.39. The van der Waals surface area contributed by atoms with Crippen molar-refractivity contribution >= 4 is 5.91 Å². The molecular weight excluding hydrogens is 266 g/mol. The van der Waals surface area contributed by atoms with Crippen molar-refractivity contribution in [3.63, 3.8) is 0 Å². The van der Waals surface area contributed by atoms with Gasteiger partial charge in [-0.3, -0.25) is 4.79 Å². The van der Waals surface area contributed by atoms with E-state index in [1.807, 2.05) is 45.0 Å². The fourth-order valence-corrected chi connectivity index (χ4v) is 2.18. The van der Waals surface area contributed by atoms with Crippen molar-refractivity contribution < 1.29 is 9.21 Å². The molecule has 120 valence electrons. The molecule has 0 saturated carbocycles. The van der Waals surface area contributed by atoms with Crippen LogP contribution in [0.25, 0.3) is 0 Å². The third kappa shape index (κ3) is 6.78. The van der Waals surface area contributed by atoms with Crippen LogP contribution < -0.4 is 5.32 Å². The molecule has 0 radical (unpaired) electrons. The summed E-state index contributed by atoms with van der Waals surface area (Å²) in [7, 11) is 4.03. The van der Waals surface area contributed by atoms with Gasteiger partial charge in [0.15, 0.2) is 0 Å². The van der Waals surface area contributed by atoms with Crippen molar-refractivity contribution in [3.8, 4) is 0 Å². The number of hydrogen-bond acceptors (Lipinski definition) is 4. The number of furan rings is 1. The lowest BCUT2D eigenvalue weighted by Gasteiger charge is -2.25. The maximum absolute atomic E-state index is 12.5. The highest BCUT2D eigenvalue weighted by Crippen LogP contribution is 2.11. The van der Waals surface area contributed by atoms with Gasteiger partial charge in [-0.2, -0.15) is 0 Å². The fraction of sp³-hybridized carbons (Fsp3) is 0.688. The van der Waals surface area contributed by atoms with E-state index in [2.05, 4.69) is 17.1 Å². The largest absolute Gasteiger partial charge is 0.464 e. The number of nitrogens with one attached hydrogen (secondary N) is 1. The predicted molar refractivity (Wildman–Crippen MR) is 85.2 cm³/mol. The number of carbonyl (C=O) groups excluding carboxylic acids is 1. The first kappa shape index (κ1) is 17.7. The first-order valence-corrected chi connectivity index (χ1v) is 7.63. The topological polar surface area (TPSA) is 48.7 Å². The van der Waals surface area contributed by atoms with Crippen molar-refractivity contribution in [1.82, 2.24) is 15.1 Å². The lowest BCUT2D eigenvalue weighted by molar-refractivity contribution is -0.132. The summed E-state index contributed by atoms with van der Waals surface area (Å²) >= 11 is 0. The molecular formula is C16H29N3O2. The molecule has 0 aliphatic rings.